The Morgan fingerprint density at radius 2 is 2.06 bits per heavy atom. The van der Waals surface area contributed by atoms with Gasteiger partial charge in [-0.1, -0.05) is 6.07 Å². The molecule has 0 radical (unpaired) electrons. The topological polar surface area (TPSA) is 75.1 Å². The first-order chi connectivity index (χ1) is 8.47. The lowest BCUT2D eigenvalue weighted by atomic mass is 10.1. The summed E-state index contributed by atoms with van der Waals surface area (Å²) in [7, 11) is 0. The van der Waals surface area contributed by atoms with Crippen LogP contribution in [0.3, 0.4) is 0 Å². The predicted octanol–water partition coefficient (Wildman–Crippen LogP) is 1.13. The molecule has 2 rings (SSSR count). The minimum absolute atomic E-state index is 0.183. The number of aliphatic hydroxyl groups is 1. The van der Waals surface area contributed by atoms with Crippen LogP contribution >= 0.6 is 0 Å². The molecule has 1 amide bonds. The molecule has 1 aromatic carbocycles. The highest BCUT2D eigenvalue weighted by molar-refractivity contribution is 6.04. The number of aromatic nitrogens is 2. The lowest BCUT2D eigenvalue weighted by Gasteiger charge is -2.17. The molecule has 5 nitrogen and oxygen atoms in total. The van der Waals surface area contributed by atoms with Crippen LogP contribution in [0.25, 0.3) is 11.0 Å². The van der Waals surface area contributed by atoms with Gasteiger partial charge in [0.05, 0.1) is 16.7 Å². The van der Waals surface area contributed by atoms with Crippen molar-refractivity contribution in [2.24, 2.45) is 0 Å². The average Bonchev–Trinajstić information content (AvgIpc) is 2.34. The second-order valence-electron chi connectivity index (χ2n) is 4.72. The second-order valence-corrected chi connectivity index (χ2v) is 4.72. The van der Waals surface area contributed by atoms with Crippen molar-refractivity contribution in [3.05, 3.63) is 36.2 Å². The smallest absolute Gasteiger partial charge is 0.253 e. The van der Waals surface area contributed by atoms with E-state index in [0.29, 0.717) is 16.6 Å². The maximum Gasteiger partial charge on any atom is 0.253 e. The van der Waals surface area contributed by atoms with Crippen LogP contribution in [0, 0.1) is 0 Å². The molecule has 0 fully saturated rings. The molecule has 0 saturated heterocycles. The van der Waals surface area contributed by atoms with Gasteiger partial charge in [-0.25, -0.2) is 0 Å². The summed E-state index contributed by atoms with van der Waals surface area (Å²) in [4.78, 5) is 20.3. The Labute approximate surface area is 105 Å². The number of fused-ring (bicyclic) bond motifs is 1. The third kappa shape index (κ3) is 2.81. The molecule has 5 heteroatoms. The van der Waals surface area contributed by atoms with Gasteiger partial charge in [0, 0.05) is 18.9 Å². The van der Waals surface area contributed by atoms with Crippen LogP contribution in [0.4, 0.5) is 0 Å². The van der Waals surface area contributed by atoms with Crippen LogP contribution in [-0.2, 0) is 0 Å². The third-order valence-electron chi connectivity index (χ3n) is 2.42. The molecule has 1 aromatic heterocycles. The van der Waals surface area contributed by atoms with Crippen molar-refractivity contribution in [2.75, 3.05) is 6.54 Å². The van der Waals surface area contributed by atoms with E-state index in [1.807, 2.05) is 0 Å². The Hall–Kier alpha value is -2.01. The fraction of sp³-hybridized carbons (Fsp3) is 0.308. The van der Waals surface area contributed by atoms with E-state index in [-0.39, 0.29) is 12.5 Å². The zero-order chi connectivity index (χ0) is 13.2. The summed E-state index contributed by atoms with van der Waals surface area (Å²) < 4.78 is 0. The van der Waals surface area contributed by atoms with Gasteiger partial charge in [0.2, 0.25) is 0 Å². The van der Waals surface area contributed by atoms with Gasteiger partial charge in [0.1, 0.15) is 5.52 Å². The summed E-state index contributed by atoms with van der Waals surface area (Å²) >= 11 is 0. The van der Waals surface area contributed by atoms with Gasteiger partial charge < -0.3 is 10.4 Å². The molecule has 0 aliphatic heterocycles. The molecule has 0 saturated carbocycles. The van der Waals surface area contributed by atoms with E-state index in [9.17, 15) is 9.90 Å². The molecule has 0 spiro atoms. The van der Waals surface area contributed by atoms with E-state index >= 15 is 0 Å². The normalized spacial score (nSPS) is 11.5. The molecular weight excluding hydrogens is 230 g/mol. The van der Waals surface area contributed by atoms with Gasteiger partial charge in [-0.05, 0) is 26.0 Å². The Bertz CT molecular complexity index is 570. The third-order valence-corrected chi connectivity index (χ3v) is 2.42. The summed E-state index contributed by atoms with van der Waals surface area (Å²) in [5.41, 5.74) is 0.762. The number of hydrogen-bond acceptors (Lipinski definition) is 4. The van der Waals surface area contributed by atoms with E-state index in [4.69, 9.17) is 0 Å². The number of nitrogens with zero attached hydrogens (tertiary/aromatic N) is 2. The van der Waals surface area contributed by atoms with Gasteiger partial charge in [-0.15, -0.1) is 0 Å². The first-order valence-corrected chi connectivity index (χ1v) is 5.68. The highest BCUT2D eigenvalue weighted by atomic mass is 16.3. The largest absolute Gasteiger partial charge is 0.389 e. The Morgan fingerprint density at radius 3 is 2.78 bits per heavy atom. The van der Waals surface area contributed by atoms with Gasteiger partial charge in [-0.2, -0.15) is 0 Å². The average molecular weight is 245 g/mol. The number of rotatable bonds is 3. The van der Waals surface area contributed by atoms with Crippen molar-refractivity contribution < 1.29 is 9.90 Å². The fourth-order valence-corrected chi connectivity index (χ4v) is 1.57. The molecule has 0 unspecified atom stereocenters. The van der Waals surface area contributed by atoms with Gasteiger partial charge in [-0.3, -0.25) is 14.8 Å². The molecule has 0 bridgehead atoms. The zero-order valence-corrected chi connectivity index (χ0v) is 10.3. The highest BCUT2D eigenvalue weighted by Gasteiger charge is 2.16. The van der Waals surface area contributed by atoms with E-state index < -0.39 is 5.60 Å². The maximum atomic E-state index is 12.0. The number of amides is 1. The molecule has 0 aliphatic rings. The van der Waals surface area contributed by atoms with Crippen molar-refractivity contribution >= 4 is 16.9 Å². The number of para-hydroxylation sites is 1. The van der Waals surface area contributed by atoms with Crippen molar-refractivity contribution in [1.82, 2.24) is 15.3 Å². The number of nitrogens with one attached hydrogen (secondary N) is 1. The molecule has 2 N–H and O–H groups in total. The lowest BCUT2D eigenvalue weighted by Crippen LogP contribution is -2.38. The van der Waals surface area contributed by atoms with Crippen LogP contribution in [0.15, 0.2) is 30.6 Å². The van der Waals surface area contributed by atoms with E-state index in [1.165, 1.54) is 0 Å². The standard InChI is InChI=1S/C13H15N3O2/c1-13(2,18)8-16-12(17)9-4-3-5-10-11(9)15-7-6-14-10/h3-7,18H,8H2,1-2H3,(H,16,17). The van der Waals surface area contributed by atoms with E-state index in [1.54, 1.807) is 44.4 Å². The Morgan fingerprint density at radius 1 is 1.33 bits per heavy atom. The summed E-state index contributed by atoms with van der Waals surface area (Å²) in [5.74, 6) is -0.261. The number of carbonyl (C=O) groups excluding carboxylic acids is 1. The van der Waals surface area contributed by atoms with Crippen molar-refractivity contribution in [1.29, 1.82) is 0 Å². The van der Waals surface area contributed by atoms with Crippen LogP contribution < -0.4 is 5.32 Å². The minimum Gasteiger partial charge on any atom is -0.389 e. The summed E-state index contributed by atoms with van der Waals surface area (Å²) in [5, 5.41) is 12.3. The molecule has 94 valence electrons. The minimum atomic E-state index is -0.939. The zero-order valence-electron chi connectivity index (χ0n) is 10.3. The van der Waals surface area contributed by atoms with Crippen LogP contribution in [0.5, 0.6) is 0 Å². The maximum absolute atomic E-state index is 12.0. The number of benzene rings is 1. The molecule has 0 aliphatic carbocycles. The Balaban J connectivity index is 2.28. The van der Waals surface area contributed by atoms with Gasteiger partial charge >= 0.3 is 0 Å². The SMILES string of the molecule is CC(C)(O)CNC(=O)c1cccc2nccnc12. The molecular formula is C13H15N3O2. The molecule has 18 heavy (non-hydrogen) atoms. The highest BCUT2D eigenvalue weighted by Crippen LogP contribution is 2.13. The molecule has 1 heterocycles. The number of carbonyl (C=O) groups is 1. The first kappa shape index (κ1) is 12.4. The van der Waals surface area contributed by atoms with Crippen molar-refractivity contribution in [3.8, 4) is 0 Å². The second kappa shape index (κ2) is 4.70. The Kier molecular flexibility index (Phi) is 3.25. The predicted molar refractivity (Wildman–Crippen MR) is 68.2 cm³/mol. The monoisotopic (exact) mass is 245 g/mol. The van der Waals surface area contributed by atoms with Crippen LogP contribution in [0.2, 0.25) is 0 Å². The van der Waals surface area contributed by atoms with Crippen LogP contribution in [-0.4, -0.2) is 33.1 Å². The summed E-state index contributed by atoms with van der Waals surface area (Å²) in [6.45, 7) is 3.45. The van der Waals surface area contributed by atoms with Crippen molar-refractivity contribution in [2.45, 2.75) is 19.4 Å². The number of hydrogen-bond donors (Lipinski definition) is 2. The van der Waals surface area contributed by atoms with Gasteiger partial charge in [0.25, 0.3) is 5.91 Å². The molecule has 2 aromatic rings. The van der Waals surface area contributed by atoms with E-state index in [0.717, 1.165) is 0 Å². The first-order valence-electron chi connectivity index (χ1n) is 5.68. The summed E-state index contributed by atoms with van der Waals surface area (Å²) in [6, 6.07) is 5.25. The summed E-state index contributed by atoms with van der Waals surface area (Å²) in [6.07, 6.45) is 3.13. The fourth-order valence-electron chi connectivity index (χ4n) is 1.57. The van der Waals surface area contributed by atoms with Crippen LogP contribution in [0.1, 0.15) is 24.2 Å². The van der Waals surface area contributed by atoms with E-state index in [2.05, 4.69) is 15.3 Å². The van der Waals surface area contributed by atoms with Gasteiger partial charge in [0.15, 0.2) is 0 Å². The lowest BCUT2D eigenvalue weighted by molar-refractivity contribution is 0.0695. The quantitative estimate of drug-likeness (QED) is 0.850. The van der Waals surface area contributed by atoms with Crippen molar-refractivity contribution in [3.63, 3.8) is 0 Å². The molecule has 0 atom stereocenters.